The monoisotopic (exact) mass is 594 g/mol. The van der Waals surface area contributed by atoms with Crippen LogP contribution in [0.4, 0.5) is 0 Å². The molecular formula is C36H34O8. The zero-order valence-corrected chi connectivity index (χ0v) is 24.6. The number of carboxylic acid groups (broad SMARTS) is 3. The SMILES string of the molecule is CC(C)Cc1ccc(C(C)C(=O)O)cc1.O=C(O)c1cc2ccccc2c(Cc2c(O)c(C(=O)O)cc3ccccc23)c1O. The number of fused-ring (bicyclic) bond motifs is 2. The second-order valence-corrected chi connectivity index (χ2v) is 11.1. The Kier molecular flexibility index (Phi) is 9.54. The molecule has 0 saturated carbocycles. The standard InChI is InChI=1S/C23H16O6.C13H18O2/c24-20-16(14-7-3-1-5-12(14)9-18(20)22(26)27)11-17-15-8-4-2-6-13(15)10-19(21(17)25)23(28)29;1-9(2)8-11-4-6-12(7-5-11)10(3)13(14)15/h1-10,24-25H,11H2,(H,26,27)(H,28,29);4-7,9-10H,8H2,1-3H3,(H,14,15). The predicted molar refractivity (Wildman–Crippen MR) is 169 cm³/mol. The number of phenols is 2. The molecule has 5 aromatic carbocycles. The van der Waals surface area contributed by atoms with Gasteiger partial charge in [-0.05, 0) is 64.1 Å². The second kappa shape index (κ2) is 13.3. The number of carbonyl (C=O) groups is 3. The van der Waals surface area contributed by atoms with Crippen molar-refractivity contribution in [1.29, 1.82) is 0 Å². The molecule has 8 nitrogen and oxygen atoms in total. The summed E-state index contributed by atoms with van der Waals surface area (Å²) in [7, 11) is 0. The van der Waals surface area contributed by atoms with Crippen LogP contribution in [0.3, 0.4) is 0 Å². The Balaban J connectivity index is 0.000000249. The Morgan fingerprint density at radius 2 is 1.07 bits per heavy atom. The maximum atomic E-state index is 11.6. The fourth-order valence-electron chi connectivity index (χ4n) is 5.24. The maximum Gasteiger partial charge on any atom is 0.339 e. The summed E-state index contributed by atoms with van der Waals surface area (Å²) >= 11 is 0. The Morgan fingerprint density at radius 3 is 1.45 bits per heavy atom. The molecule has 0 aliphatic heterocycles. The third-order valence-corrected chi connectivity index (χ3v) is 7.56. The summed E-state index contributed by atoms with van der Waals surface area (Å²) in [5.41, 5.74) is 2.25. The first kappa shape index (κ1) is 31.6. The van der Waals surface area contributed by atoms with Gasteiger partial charge < -0.3 is 25.5 Å². The molecule has 0 fully saturated rings. The molecule has 5 aromatic rings. The van der Waals surface area contributed by atoms with Crippen molar-refractivity contribution in [3.05, 3.63) is 118 Å². The highest BCUT2D eigenvalue weighted by Crippen LogP contribution is 2.38. The normalized spacial score (nSPS) is 11.6. The van der Waals surface area contributed by atoms with E-state index >= 15 is 0 Å². The number of rotatable bonds is 8. The van der Waals surface area contributed by atoms with Gasteiger partial charge in [0.2, 0.25) is 0 Å². The van der Waals surface area contributed by atoms with E-state index < -0.39 is 35.3 Å². The van der Waals surface area contributed by atoms with E-state index in [9.17, 15) is 34.8 Å². The summed E-state index contributed by atoms with van der Waals surface area (Å²) in [6, 6.07) is 24.6. The van der Waals surface area contributed by atoms with Gasteiger partial charge in [-0.15, -0.1) is 0 Å². The lowest BCUT2D eigenvalue weighted by atomic mass is 9.90. The molecule has 44 heavy (non-hydrogen) atoms. The van der Waals surface area contributed by atoms with Crippen molar-refractivity contribution in [2.75, 3.05) is 0 Å². The van der Waals surface area contributed by atoms with Gasteiger partial charge in [0.05, 0.1) is 5.92 Å². The van der Waals surface area contributed by atoms with Gasteiger partial charge in [-0.1, -0.05) is 86.6 Å². The first-order valence-corrected chi connectivity index (χ1v) is 14.1. The molecule has 5 rings (SSSR count). The lowest BCUT2D eigenvalue weighted by Crippen LogP contribution is -2.07. The maximum absolute atomic E-state index is 11.6. The molecule has 0 aliphatic rings. The van der Waals surface area contributed by atoms with E-state index in [1.165, 1.54) is 17.7 Å². The van der Waals surface area contributed by atoms with E-state index in [2.05, 4.69) is 13.8 Å². The van der Waals surface area contributed by atoms with Gasteiger partial charge >= 0.3 is 17.9 Å². The molecule has 0 aromatic heterocycles. The van der Waals surface area contributed by atoms with Gasteiger partial charge in [-0.2, -0.15) is 0 Å². The average molecular weight is 595 g/mol. The predicted octanol–water partition coefficient (Wildman–Crippen LogP) is 7.46. The minimum atomic E-state index is -1.28. The Bertz CT molecular complexity index is 1750. The molecular weight excluding hydrogens is 560 g/mol. The molecule has 226 valence electrons. The summed E-state index contributed by atoms with van der Waals surface area (Å²) in [4.78, 5) is 34.0. The second-order valence-electron chi connectivity index (χ2n) is 11.1. The van der Waals surface area contributed by atoms with Crippen LogP contribution in [0.15, 0.2) is 84.9 Å². The summed E-state index contributed by atoms with van der Waals surface area (Å²) in [5.74, 6) is -3.91. The minimum Gasteiger partial charge on any atom is -0.507 e. The largest absolute Gasteiger partial charge is 0.507 e. The third kappa shape index (κ3) is 6.81. The highest BCUT2D eigenvalue weighted by atomic mass is 16.4. The number of hydrogen-bond donors (Lipinski definition) is 5. The first-order valence-electron chi connectivity index (χ1n) is 14.1. The molecule has 0 amide bonds. The molecule has 0 spiro atoms. The third-order valence-electron chi connectivity index (χ3n) is 7.56. The smallest absolute Gasteiger partial charge is 0.339 e. The van der Waals surface area contributed by atoms with Gasteiger partial charge in [-0.3, -0.25) is 4.79 Å². The molecule has 0 bridgehead atoms. The van der Waals surface area contributed by atoms with Crippen molar-refractivity contribution in [3.63, 3.8) is 0 Å². The number of aromatic hydroxyl groups is 2. The van der Waals surface area contributed by atoms with E-state index in [4.69, 9.17) is 5.11 Å². The van der Waals surface area contributed by atoms with Crippen LogP contribution in [0.2, 0.25) is 0 Å². The van der Waals surface area contributed by atoms with Crippen LogP contribution < -0.4 is 0 Å². The zero-order chi connectivity index (χ0) is 32.1. The molecule has 0 aliphatic carbocycles. The van der Waals surface area contributed by atoms with Crippen molar-refractivity contribution >= 4 is 39.5 Å². The van der Waals surface area contributed by atoms with E-state index in [0.717, 1.165) is 12.0 Å². The van der Waals surface area contributed by atoms with E-state index in [1.807, 2.05) is 24.3 Å². The molecule has 0 saturated heterocycles. The van der Waals surface area contributed by atoms with E-state index in [1.54, 1.807) is 55.5 Å². The number of hydrogen-bond acceptors (Lipinski definition) is 5. The van der Waals surface area contributed by atoms with Gasteiger partial charge in [-0.25, -0.2) is 9.59 Å². The average Bonchev–Trinajstić information content (AvgIpc) is 2.99. The molecule has 5 N–H and O–H groups in total. The minimum absolute atomic E-state index is 0.0407. The van der Waals surface area contributed by atoms with Gasteiger partial charge in [0.1, 0.15) is 22.6 Å². The lowest BCUT2D eigenvalue weighted by Gasteiger charge is -2.16. The molecule has 0 radical (unpaired) electrons. The number of aliphatic carboxylic acids is 1. The summed E-state index contributed by atoms with van der Waals surface area (Å²) in [5, 5.41) is 51.6. The Morgan fingerprint density at radius 1 is 0.636 bits per heavy atom. The van der Waals surface area contributed by atoms with E-state index in [-0.39, 0.29) is 17.5 Å². The number of aromatic carboxylic acids is 2. The van der Waals surface area contributed by atoms with Crippen molar-refractivity contribution in [1.82, 2.24) is 0 Å². The topological polar surface area (TPSA) is 152 Å². The summed E-state index contributed by atoms with van der Waals surface area (Å²) in [6.45, 7) is 6.06. The van der Waals surface area contributed by atoms with Crippen LogP contribution in [-0.4, -0.2) is 43.4 Å². The van der Waals surface area contributed by atoms with E-state index in [0.29, 0.717) is 38.6 Å². The van der Waals surface area contributed by atoms with Gasteiger partial charge in [0, 0.05) is 17.5 Å². The van der Waals surface area contributed by atoms with Crippen LogP contribution in [-0.2, 0) is 17.6 Å². The first-order chi connectivity index (χ1) is 20.9. The van der Waals surface area contributed by atoms with Crippen molar-refractivity contribution in [3.8, 4) is 11.5 Å². The van der Waals surface area contributed by atoms with Crippen LogP contribution in [0.25, 0.3) is 21.5 Å². The Labute approximate surface area is 254 Å². The van der Waals surface area contributed by atoms with Crippen LogP contribution >= 0.6 is 0 Å². The van der Waals surface area contributed by atoms with Crippen molar-refractivity contribution in [2.45, 2.75) is 39.5 Å². The summed E-state index contributed by atoms with van der Waals surface area (Å²) in [6.07, 6.45) is 1.00. The lowest BCUT2D eigenvalue weighted by molar-refractivity contribution is -0.138. The number of benzene rings is 5. The Hall–Kier alpha value is -5.37. The zero-order valence-electron chi connectivity index (χ0n) is 24.6. The fourth-order valence-corrected chi connectivity index (χ4v) is 5.24. The molecule has 1 unspecified atom stereocenters. The molecule has 1 atom stereocenters. The number of carboxylic acids is 3. The van der Waals surface area contributed by atoms with Crippen molar-refractivity contribution in [2.24, 2.45) is 5.92 Å². The molecule has 0 heterocycles. The van der Waals surface area contributed by atoms with Crippen molar-refractivity contribution < 1.29 is 39.9 Å². The van der Waals surface area contributed by atoms with Crippen LogP contribution in [0.5, 0.6) is 11.5 Å². The highest BCUT2D eigenvalue weighted by molar-refractivity contribution is 6.02. The van der Waals surface area contributed by atoms with Crippen LogP contribution in [0, 0.1) is 5.92 Å². The highest BCUT2D eigenvalue weighted by Gasteiger charge is 2.22. The van der Waals surface area contributed by atoms with Gasteiger partial charge in [0.15, 0.2) is 0 Å². The molecule has 8 heteroatoms. The van der Waals surface area contributed by atoms with Crippen LogP contribution in [0.1, 0.15) is 69.7 Å². The fraction of sp³-hybridized carbons (Fsp3) is 0.194. The van der Waals surface area contributed by atoms with Gasteiger partial charge in [0.25, 0.3) is 0 Å². The quantitative estimate of drug-likeness (QED) is 0.124. The summed E-state index contributed by atoms with van der Waals surface area (Å²) < 4.78 is 0.